The minimum atomic E-state index is -0.454. The van der Waals surface area contributed by atoms with Gasteiger partial charge in [0.05, 0.1) is 11.2 Å². The van der Waals surface area contributed by atoms with Crippen molar-refractivity contribution in [2.45, 2.75) is 0 Å². The van der Waals surface area contributed by atoms with Gasteiger partial charge in [-0.05, 0) is 12.1 Å². The van der Waals surface area contributed by atoms with Crippen molar-refractivity contribution in [1.82, 2.24) is 10.3 Å². The lowest BCUT2D eigenvalue weighted by Crippen LogP contribution is -2.40. The Morgan fingerprint density at radius 3 is 2.88 bits per heavy atom. The Labute approximate surface area is 102 Å². The first-order chi connectivity index (χ1) is 8.24. The molecule has 0 unspecified atom stereocenters. The van der Waals surface area contributed by atoms with Crippen molar-refractivity contribution in [3.05, 3.63) is 27.7 Å². The standard InChI is InChI=1S/C11H11ClN3O2/c12-7-5-8-10(17-11(16)14-8)9(6-7)15-3-1-13-2-4-15/h5-6H,1-4H2,(H,14,16). The van der Waals surface area contributed by atoms with Crippen molar-refractivity contribution in [1.29, 1.82) is 0 Å². The molecule has 0 bridgehead atoms. The molecule has 1 aromatic carbocycles. The minimum absolute atomic E-state index is 0.454. The number of aromatic amines is 1. The summed E-state index contributed by atoms with van der Waals surface area (Å²) >= 11 is 6.04. The van der Waals surface area contributed by atoms with E-state index in [1.54, 1.807) is 6.07 Å². The molecule has 1 aliphatic rings. The monoisotopic (exact) mass is 252 g/mol. The van der Waals surface area contributed by atoms with Crippen LogP contribution in [0.25, 0.3) is 11.1 Å². The number of anilines is 1. The molecule has 0 amide bonds. The molecule has 5 nitrogen and oxygen atoms in total. The molecule has 1 radical (unpaired) electrons. The zero-order chi connectivity index (χ0) is 11.8. The van der Waals surface area contributed by atoms with E-state index in [0.717, 1.165) is 31.9 Å². The molecule has 2 aromatic rings. The molecule has 0 saturated carbocycles. The average Bonchev–Trinajstić information content (AvgIpc) is 2.69. The maximum Gasteiger partial charge on any atom is 0.417 e. The molecule has 3 rings (SSSR count). The summed E-state index contributed by atoms with van der Waals surface area (Å²) in [5, 5.41) is 4.88. The number of fused-ring (bicyclic) bond motifs is 1. The fourth-order valence-electron chi connectivity index (χ4n) is 2.09. The number of benzene rings is 1. The molecule has 1 aliphatic heterocycles. The van der Waals surface area contributed by atoms with Gasteiger partial charge in [0.2, 0.25) is 0 Å². The van der Waals surface area contributed by atoms with Crippen molar-refractivity contribution in [3.63, 3.8) is 0 Å². The predicted molar refractivity (Wildman–Crippen MR) is 65.9 cm³/mol. The third-order valence-corrected chi connectivity index (χ3v) is 3.08. The summed E-state index contributed by atoms with van der Waals surface area (Å²) in [6.07, 6.45) is 0. The smallest absolute Gasteiger partial charge is 0.406 e. The second kappa shape index (κ2) is 4.09. The molecule has 1 aromatic heterocycles. The molecule has 0 aliphatic carbocycles. The average molecular weight is 253 g/mol. The molecule has 1 fully saturated rings. The highest BCUT2D eigenvalue weighted by Crippen LogP contribution is 2.29. The zero-order valence-electron chi connectivity index (χ0n) is 9.07. The fourth-order valence-corrected chi connectivity index (χ4v) is 2.30. The topological polar surface area (TPSA) is 63.3 Å². The number of H-pyrrole nitrogens is 1. The van der Waals surface area contributed by atoms with Crippen LogP contribution in [0.3, 0.4) is 0 Å². The second-order valence-corrected chi connectivity index (χ2v) is 4.41. The Kier molecular flexibility index (Phi) is 2.57. The number of nitrogens with one attached hydrogen (secondary N) is 1. The molecule has 6 heteroatoms. The Bertz CT molecular complexity index is 598. The van der Waals surface area contributed by atoms with Crippen LogP contribution in [0.2, 0.25) is 5.02 Å². The molecule has 0 atom stereocenters. The van der Waals surface area contributed by atoms with E-state index in [1.165, 1.54) is 0 Å². The van der Waals surface area contributed by atoms with E-state index < -0.39 is 5.76 Å². The van der Waals surface area contributed by atoms with E-state index in [0.29, 0.717) is 16.1 Å². The van der Waals surface area contributed by atoms with Crippen molar-refractivity contribution in [2.24, 2.45) is 0 Å². The summed E-state index contributed by atoms with van der Waals surface area (Å²) in [5.41, 5.74) is 2.07. The molecule has 1 saturated heterocycles. The van der Waals surface area contributed by atoms with Crippen LogP contribution in [0, 0.1) is 0 Å². The highest BCUT2D eigenvalue weighted by Gasteiger charge is 2.17. The predicted octanol–water partition coefficient (Wildman–Crippen LogP) is 1.20. The number of piperazine rings is 1. The Hall–Kier alpha value is -1.46. The molecule has 89 valence electrons. The lowest BCUT2D eigenvalue weighted by Gasteiger charge is -2.28. The number of nitrogens with zero attached hydrogens (tertiary/aromatic N) is 2. The summed E-state index contributed by atoms with van der Waals surface area (Å²) in [6.45, 7) is 3.24. The quantitative estimate of drug-likeness (QED) is 0.830. The molecule has 0 spiro atoms. The van der Waals surface area contributed by atoms with E-state index in [2.05, 4.69) is 15.2 Å². The third kappa shape index (κ3) is 1.92. The number of aromatic nitrogens is 1. The number of halogens is 1. The van der Waals surface area contributed by atoms with E-state index in [4.69, 9.17) is 16.0 Å². The van der Waals surface area contributed by atoms with Crippen LogP contribution in [0.4, 0.5) is 5.69 Å². The maximum absolute atomic E-state index is 11.2. The fraction of sp³-hybridized carbons (Fsp3) is 0.364. The summed E-state index contributed by atoms with van der Waals surface area (Å²) in [6, 6.07) is 3.52. The van der Waals surface area contributed by atoms with Crippen LogP contribution in [0.15, 0.2) is 21.3 Å². The van der Waals surface area contributed by atoms with Gasteiger partial charge in [-0.3, -0.25) is 4.98 Å². The van der Waals surface area contributed by atoms with E-state index in [1.807, 2.05) is 6.07 Å². The van der Waals surface area contributed by atoms with Gasteiger partial charge in [-0.2, -0.15) is 0 Å². The minimum Gasteiger partial charge on any atom is -0.406 e. The molecular formula is C11H11ClN3O2. The van der Waals surface area contributed by atoms with E-state index in [9.17, 15) is 4.79 Å². The van der Waals surface area contributed by atoms with E-state index >= 15 is 0 Å². The van der Waals surface area contributed by atoms with Crippen LogP contribution < -0.4 is 16.0 Å². The molecular weight excluding hydrogens is 242 g/mol. The first kappa shape index (κ1) is 10.7. The zero-order valence-corrected chi connectivity index (χ0v) is 9.83. The summed E-state index contributed by atoms with van der Waals surface area (Å²) in [5.74, 6) is -0.454. The van der Waals surface area contributed by atoms with Gasteiger partial charge in [-0.25, -0.2) is 10.1 Å². The Morgan fingerprint density at radius 1 is 1.35 bits per heavy atom. The van der Waals surface area contributed by atoms with Crippen molar-refractivity contribution in [3.8, 4) is 0 Å². The van der Waals surface area contributed by atoms with Crippen LogP contribution in [0.1, 0.15) is 0 Å². The van der Waals surface area contributed by atoms with Crippen LogP contribution >= 0.6 is 11.6 Å². The highest BCUT2D eigenvalue weighted by molar-refractivity contribution is 6.31. The maximum atomic E-state index is 11.2. The van der Waals surface area contributed by atoms with Gasteiger partial charge in [0, 0.05) is 31.2 Å². The van der Waals surface area contributed by atoms with Gasteiger partial charge in [0.15, 0.2) is 5.58 Å². The van der Waals surface area contributed by atoms with Gasteiger partial charge in [-0.1, -0.05) is 11.6 Å². The van der Waals surface area contributed by atoms with Crippen molar-refractivity contribution < 1.29 is 4.42 Å². The molecule has 1 N–H and O–H groups in total. The first-order valence-corrected chi connectivity index (χ1v) is 5.82. The lowest BCUT2D eigenvalue weighted by molar-refractivity contribution is 0.546. The summed E-state index contributed by atoms with van der Waals surface area (Å²) < 4.78 is 5.17. The van der Waals surface area contributed by atoms with Crippen LogP contribution in [-0.2, 0) is 0 Å². The highest BCUT2D eigenvalue weighted by atomic mass is 35.5. The third-order valence-electron chi connectivity index (χ3n) is 2.86. The SMILES string of the molecule is O=c1[nH]c2cc(Cl)cc(N3CC[N]CC3)c2o1. The van der Waals surface area contributed by atoms with Gasteiger partial charge >= 0.3 is 5.76 Å². The number of hydrogen-bond acceptors (Lipinski definition) is 3. The summed E-state index contributed by atoms with van der Waals surface area (Å²) in [7, 11) is 0. The van der Waals surface area contributed by atoms with Crippen molar-refractivity contribution in [2.75, 3.05) is 31.1 Å². The van der Waals surface area contributed by atoms with Gasteiger partial charge in [0.25, 0.3) is 0 Å². The van der Waals surface area contributed by atoms with Crippen LogP contribution in [0.5, 0.6) is 0 Å². The molecule has 17 heavy (non-hydrogen) atoms. The van der Waals surface area contributed by atoms with E-state index in [-0.39, 0.29) is 0 Å². The molecule has 2 heterocycles. The van der Waals surface area contributed by atoms with Crippen LogP contribution in [-0.4, -0.2) is 31.2 Å². The first-order valence-electron chi connectivity index (χ1n) is 5.44. The lowest BCUT2D eigenvalue weighted by atomic mass is 10.2. The summed E-state index contributed by atoms with van der Waals surface area (Å²) in [4.78, 5) is 16.0. The van der Waals surface area contributed by atoms with Gasteiger partial charge < -0.3 is 9.32 Å². The van der Waals surface area contributed by atoms with Gasteiger partial charge in [-0.15, -0.1) is 0 Å². The van der Waals surface area contributed by atoms with Gasteiger partial charge in [0.1, 0.15) is 0 Å². The number of hydrogen-bond donors (Lipinski definition) is 1. The largest absolute Gasteiger partial charge is 0.417 e. The number of oxazole rings is 1. The Morgan fingerprint density at radius 2 is 2.12 bits per heavy atom. The second-order valence-electron chi connectivity index (χ2n) is 3.97. The Balaban J connectivity index is 2.15. The number of rotatable bonds is 1. The van der Waals surface area contributed by atoms with Crippen molar-refractivity contribution >= 4 is 28.4 Å². The normalized spacial score (nSPS) is 16.6.